The molecule has 0 N–H and O–H groups in total. The van der Waals surface area contributed by atoms with E-state index >= 15 is 0 Å². The number of rotatable bonds is 6. The SMILES string of the molecule is CCCN(CCC)[C@@H]1Cc2c(C#N)ccc3c2[C@H](C1)CN3C(=O)c1ccccc1. The zero-order valence-corrected chi connectivity index (χ0v) is 17.4. The lowest BCUT2D eigenvalue weighted by atomic mass is 9.78. The van der Waals surface area contributed by atoms with E-state index in [0.717, 1.165) is 55.6 Å². The molecule has 0 spiro atoms. The van der Waals surface area contributed by atoms with Crippen LogP contribution in [0, 0.1) is 11.3 Å². The van der Waals surface area contributed by atoms with Gasteiger partial charge in [0, 0.05) is 29.8 Å². The average Bonchev–Trinajstić information content (AvgIpc) is 3.13. The predicted octanol–water partition coefficient (Wildman–Crippen LogP) is 4.74. The van der Waals surface area contributed by atoms with E-state index in [1.807, 2.05) is 47.4 Å². The highest BCUT2D eigenvalue weighted by molar-refractivity contribution is 6.07. The van der Waals surface area contributed by atoms with Crippen molar-refractivity contribution in [2.75, 3.05) is 24.5 Å². The second-order valence-electron chi connectivity index (χ2n) is 8.24. The second-order valence-corrected chi connectivity index (χ2v) is 8.24. The minimum absolute atomic E-state index is 0.0578. The Hall–Kier alpha value is -2.64. The van der Waals surface area contributed by atoms with Crippen molar-refractivity contribution in [2.45, 2.75) is 51.5 Å². The Morgan fingerprint density at radius 3 is 2.52 bits per heavy atom. The molecular weight excluding hydrogens is 358 g/mol. The molecule has 2 atom stereocenters. The lowest BCUT2D eigenvalue weighted by molar-refractivity contribution is 0.0986. The Balaban J connectivity index is 1.70. The monoisotopic (exact) mass is 387 g/mol. The highest BCUT2D eigenvalue weighted by Crippen LogP contribution is 2.47. The first-order valence-corrected chi connectivity index (χ1v) is 10.8. The van der Waals surface area contributed by atoms with Gasteiger partial charge >= 0.3 is 0 Å². The van der Waals surface area contributed by atoms with Crippen molar-refractivity contribution in [2.24, 2.45) is 0 Å². The Morgan fingerprint density at radius 2 is 1.86 bits per heavy atom. The van der Waals surface area contributed by atoms with Gasteiger partial charge in [-0.3, -0.25) is 4.79 Å². The summed E-state index contributed by atoms with van der Waals surface area (Å²) in [7, 11) is 0. The molecule has 4 heteroatoms. The Bertz CT molecular complexity index is 925. The van der Waals surface area contributed by atoms with Gasteiger partial charge in [-0.15, -0.1) is 0 Å². The predicted molar refractivity (Wildman–Crippen MR) is 116 cm³/mol. The molecule has 2 aromatic rings. The summed E-state index contributed by atoms with van der Waals surface area (Å²) in [5.74, 6) is 0.373. The van der Waals surface area contributed by atoms with Gasteiger partial charge in [0.05, 0.1) is 11.6 Å². The topological polar surface area (TPSA) is 47.3 Å². The van der Waals surface area contributed by atoms with Crippen LogP contribution in [0.5, 0.6) is 0 Å². The van der Waals surface area contributed by atoms with Crippen molar-refractivity contribution in [3.05, 3.63) is 64.7 Å². The molecule has 0 aromatic heterocycles. The summed E-state index contributed by atoms with van der Waals surface area (Å²) in [5.41, 5.74) is 4.93. The molecule has 1 heterocycles. The summed E-state index contributed by atoms with van der Waals surface area (Å²) in [5, 5.41) is 9.73. The van der Waals surface area contributed by atoms with Gasteiger partial charge < -0.3 is 9.80 Å². The highest BCUT2D eigenvalue weighted by atomic mass is 16.2. The van der Waals surface area contributed by atoms with E-state index in [0.29, 0.717) is 18.5 Å². The Morgan fingerprint density at radius 1 is 1.14 bits per heavy atom. The van der Waals surface area contributed by atoms with Crippen molar-refractivity contribution < 1.29 is 4.79 Å². The fourth-order valence-corrected chi connectivity index (χ4v) is 5.18. The largest absolute Gasteiger partial charge is 0.307 e. The fraction of sp³-hybridized carbons (Fsp3) is 0.440. The van der Waals surface area contributed by atoms with Crippen molar-refractivity contribution >= 4 is 11.6 Å². The molecule has 0 bridgehead atoms. The Kier molecular flexibility index (Phi) is 5.69. The lowest BCUT2D eigenvalue weighted by Gasteiger charge is -2.37. The van der Waals surface area contributed by atoms with Crippen molar-refractivity contribution in [3.63, 3.8) is 0 Å². The average molecular weight is 388 g/mol. The quantitative estimate of drug-likeness (QED) is 0.719. The minimum atomic E-state index is 0.0578. The van der Waals surface area contributed by atoms with Crippen molar-refractivity contribution in [1.82, 2.24) is 4.90 Å². The maximum Gasteiger partial charge on any atom is 0.258 e. The van der Waals surface area contributed by atoms with Gasteiger partial charge in [0.1, 0.15) is 0 Å². The number of nitriles is 1. The highest BCUT2D eigenvalue weighted by Gasteiger charge is 2.41. The summed E-state index contributed by atoms with van der Waals surface area (Å²) in [6.45, 7) is 7.36. The summed E-state index contributed by atoms with van der Waals surface area (Å²) in [6.07, 6.45) is 4.25. The molecule has 0 radical (unpaired) electrons. The van der Waals surface area contributed by atoms with E-state index in [9.17, 15) is 10.1 Å². The number of amides is 1. The molecule has 0 saturated carbocycles. The second kappa shape index (κ2) is 8.39. The van der Waals surface area contributed by atoms with Crippen LogP contribution >= 0.6 is 0 Å². The molecule has 29 heavy (non-hydrogen) atoms. The number of hydrogen-bond donors (Lipinski definition) is 0. The fourth-order valence-electron chi connectivity index (χ4n) is 5.18. The first-order chi connectivity index (χ1) is 14.2. The molecule has 0 unspecified atom stereocenters. The minimum Gasteiger partial charge on any atom is -0.307 e. The van der Waals surface area contributed by atoms with Gasteiger partial charge in [0.25, 0.3) is 5.91 Å². The smallest absolute Gasteiger partial charge is 0.258 e. The van der Waals surface area contributed by atoms with Crippen LogP contribution in [-0.2, 0) is 6.42 Å². The molecule has 1 amide bonds. The maximum atomic E-state index is 13.2. The molecule has 0 fully saturated rings. The van der Waals surface area contributed by atoms with Crippen LogP contribution in [0.15, 0.2) is 42.5 Å². The van der Waals surface area contributed by atoms with E-state index < -0.39 is 0 Å². The zero-order chi connectivity index (χ0) is 20.4. The summed E-state index contributed by atoms with van der Waals surface area (Å²) in [4.78, 5) is 17.8. The van der Waals surface area contributed by atoms with Gasteiger partial charge in [0.2, 0.25) is 0 Å². The summed E-state index contributed by atoms with van der Waals surface area (Å²) >= 11 is 0. The molecule has 150 valence electrons. The summed E-state index contributed by atoms with van der Waals surface area (Å²) < 4.78 is 0. The van der Waals surface area contributed by atoms with E-state index in [1.165, 1.54) is 11.1 Å². The number of anilines is 1. The molecule has 1 aliphatic carbocycles. The molecule has 0 saturated heterocycles. The van der Waals surface area contributed by atoms with Crippen LogP contribution in [0.4, 0.5) is 5.69 Å². The molecule has 4 rings (SSSR count). The molecular formula is C25H29N3O. The lowest BCUT2D eigenvalue weighted by Crippen LogP contribution is -2.42. The van der Waals surface area contributed by atoms with Crippen LogP contribution in [0.25, 0.3) is 0 Å². The van der Waals surface area contributed by atoms with Crippen LogP contribution in [0.3, 0.4) is 0 Å². The molecule has 1 aliphatic heterocycles. The van der Waals surface area contributed by atoms with Gasteiger partial charge in [-0.25, -0.2) is 0 Å². The zero-order valence-electron chi connectivity index (χ0n) is 17.4. The maximum absolute atomic E-state index is 13.2. The van der Waals surface area contributed by atoms with E-state index in [4.69, 9.17) is 0 Å². The standard InChI is InChI=1S/C25H29N3O/c1-3-12-27(13-4-2)21-14-20-17-28(25(29)18-8-6-5-7-9-18)23-11-10-19(16-26)22(15-21)24(20)23/h5-11,20-21H,3-4,12-15,17H2,1-2H3/t20-,21+/m1/s1. The van der Waals surface area contributed by atoms with Crippen molar-refractivity contribution in [1.29, 1.82) is 5.26 Å². The van der Waals surface area contributed by atoms with Gasteiger partial charge in [-0.05, 0) is 74.2 Å². The van der Waals surface area contributed by atoms with Gasteiger partial charge in [-0.2, -0.15) is 5.26 Å². The first-order valence-electron chi connectivity index (χ1n) is 10.8. The number of carbonyl (C=O) groups excluding carboxylic acids is 1. The van der Waals surface area contributed by atoms with Crippen LogP contribution in [-0.4, -0.2) is 36.5 Å². The number of nitrogens with zero attached hydrogens (tertiary/aromatic N) is 3. The Labute approximate surface area is 173 Å². The van der Waals surface area contributed by atoms with Crippen molar-refractivity contribution in [3.8, 4) is 6.07 Å². The normalized spacial score (nSPS) is 19.9. The van der Waals surface area contributed by atoms with E-state index in [-0.39, 0.29) is 5.91 Å². The molecule has 4 nitrogen and oxygen atoms in total. The molecule has 2 aromatic carbocycles. The van der Waals surface area contributed by atoms with Gasteiger partial charge in [-0.1, -0.05) is 32.0 Å². The van der Waals surface area contributed by atoms with E-state index in [2.05, 4.69) is 24.8 Å². The number of hydrogen-bond acceptors (Lipinski definition) is 3. The summed E-state index contributed by atoms with van der Waals surface area (Å²) in [6, 6.07) is 16.3. The first kappa shape index (κ1) is 19.7. The third-order valence-corrected chi connectivity index (χ3v) is 6.36. The molecule has 2 aliphatic rings. The van der Waals surface area contributed by atoms with Crippen LogP contribution in [0.1, 0.15) is 66.1 Å². The third kappa shape index (κ3) is 3.56. The van der Waals surface area contributed by atoms with Crippen LogP contribution in [0.2, 0.25) is 0 Å². The number of carbonyl (C=O) groups is 1. The van der Waals surface area contributed by atoms with Gasteiger partial charge in [0.15, 0.2) is 0 Å². The number of benzene rings is 2. The van der Waals surface area contributed by atoms with E-state index in [1.54, 1.807) is 0 Å². The van der Waals surface area contributed by atoms with Crippen LogP contribution < -0.4 is 4.90 Å². The third-order valence-electron chi connectivity index (χ3n) is 6.36.